The SMILES string of the molecule is FC(F)(F)c1cnc2nc1N[C@@H]1COC[C@H]1COc1ncccc1N2. The highest BCUT2D eigenvalue weighted by Crippen LogP contribution is 2.36. The van der Waals surface area contributed by atoms with Gasteiger partial charge in [-0.2, -0.15) is 18.2 Å². The summed E-state index contributed by atoms with van der Waals surface area (Å²) in [6.45, 7) is 0.911. The fraction of sp³-hybridized carbons (Fsp3) is 0.400. The molecular formula is C15H14F3N5O2. The van der Waals surface area contributed by atoms with Crippen LogP contribution >= 0.6 is 0 Å². The van der Waals surface area contributed by atoms with Crippen molar-refractivity contribution in [3.63, 3.8) is 0 Å². The van der Waals surface area contributed by atoms with E-state index in [4.69, 9.17) is 9.47 Å². The standard InChI is InChI=1S/C15H14F3N5O2/c16-15(17,18)9-4-20-14-22-10-2-1-3-19-13(10)25-6-8-5-24-7-11(8)21-12(9)23-14/h1-4,8,11H,5-7H2,(H2,20,21,22,23)/t8-,11+/m0/s1. The summed E-state index contributed by atoms with van der Waals surface area (Å²) in [5.41, 5.74) is -0.444. The van der Waals surface area contributed by atoms with E-state index in [1.54, 1.807) is 18.3 Å². The normalized spacial score (nSPS) is 22.5. The van der Waals surface area contributed by atoms with E-state index in [1.807, 2.05) is 0 Å². The third-order valence-electron chi connectivity index (χ3n) is 4.07. The monoisotopic (exact) mass is 353 g/mol. The van der Waals surface area contributed by atoms with Crippen molar-refractivity contribution in [2.75, 3.05) is 30.5 Å². The Hall–Kier alpha value is -2.62. The first-order valence-corrected chi connectivity index (χ1v) is 7.64. The van der Waals surface area contributed by atoms with Crippen LogP contribution in [0.15, 0.2) is 24.5 Å². The smallest absolute Gasteiger partial charge is 0.421 e. The minimum Gasteiger partial charge on any atom is -0.476 e. The van der Waals surface area contributed by atoms with Gasteiger partial charge in [-0.15, -0.1) is 0 Å². The predicted molar refractivity (Wildman–Crippen MR) is 81.8 cm³/mol. The molecule has 1 fully saturated rings. The Labute approximate surface area is 140 Å². The highest BCUT2D eigenvalue weighted by Gasteiger charge is 2.38. The highest BCUT2D eigenvalue weighted by atomic mass is 19.4. The van der Waals surface area contributed by atoms with E-state index in [9.17, 15) is 13.2 Å². The van der Waals surface area contributed by atoms with Crippen LogP contribution in [0, 0.1) is 5.92 Å². The second kappa shape index (κ2) is 6.03. The molecule has 2 aromatic rings. The Balaban J connectivity index is 1.79. The Kier molecular flexibility index (Phi) is 3.83. The summed E-state index contributed by atoms with van der Waals surface area (Å²) in [5, 5.41) is 5.70. The molecule has 2 aliphatic rings. The number of aromatic nitrogens is 3. The number of fused-ring (bicyclic) bond motifs is 4. The number of hydrogen-bond donors (Lipinski definition) is 2. The number of rotatable bonds is 0. The Morgan fingerprint density at radius 1 is 1.16 bits per heavy atom. The number of ether oxygens (including phenoxy) is 2. The topological polar surface area (TPSA) is 81.2 Å². The first-order valence-electron chi connectivity index (χ1n) is 7.64. The van der Waals surface area contributed by atoms with Crippen LogP contribution in [-0.2, 0) is 10.9 Å². The van der Waals surface area contributed by atoms with Crippen molar-refractivity contribution in [3.05, 3.63) is 30.1 Å². The largest absolute Gasteiger partial charge is 0.476 e. The summed E-state index contributed by atoms with van der Waals surface area (Å²) in [6.07, 6.45) is -2.23. The first kappa shape index (κ1) is 15.9. The van der Waals surface area contributed by atoms with E-state index >= 15 is 0 Å². The lowest BCUT2D eigenvalue weighted by Crippen LogP contribution is -2.33. The number of hydrogen-bond acceptors (Lipinski definition) is 7. The molecule has 2 aromatic heterocycles. The predicted octanol–water partition coefficient (Wildman–Crippen LogP) is 2.45. The van der Waals surface area contributed by atoms with Crippen LogP contribution in [0.3, 0.4) is 0 Å². The number of halogens is 3. The summed E-state index contributed by atoms with van der Waals surface area (Å²) in [5.74, 6) is -0.0592. The van der Waals surface area contributed by atoms with E-state index in [-0.39, 0.29) is 36.9 Å². The first-order chi connectivity index (χ1) is 12.0. The summed E-state index contributed by atoms with van der Waals surface area (Å²) in [7, 11) is 0. The van der Waals surface area contributed by atoms with Crippen molar-refractivity contribution in [3.8, 4) is 5.88 Å². The minimum absolute atomic E-state index is 0.0192. The number of anilines is 3. The van der Waals surface area contributed by atoms with Crippen LogP contribution in [0.25, 0.3) is 0 Å². The van der Waals surface area contributed by atoms with Crippen LogP contribution in [0.4, 0.5) is 30.6 Å². The van der Waals surface area contributed by atoms with Crippen LogP contribution in [0.2, 0.25) is 0 Å². The minimum atomic E-state index is -4.56. The maximum absolute atomic E-state index is 13.3. The van der Waals surface area contributed by atoms with Gasteiger partial charge in [0.15, 0.2) is 0 Å². The molecule has 2 aliphatic heterocycles. The van der Waals surface area contributed by atoms with E-state index < -0.39 is 11.7 Å². The zero-order chi connectivity index (χ0) is 17.4. The average molecular weight is 353 g/mol. The molecule has 2 bridgehead atoms. The van der Waals surface area contributed by atoms with Crippen molar-refractivity contribution in [1.29, 1.82) is 0 Å². The summed E-state index contributed by atoms with van der Waals surface area (Å²) in [6, 6.07) is 3.02. The third kappa shape index (κ3) is 3.16. The number of nitrogens with zero attached hydrogens (tertiary/aromatic N) is 3. The van der Waals surface area contributed by atoms with Crippen LogP contribution in [-0.4, -0.2) is 40.8 Å². The van der Waals surface area contributed by atoms with E-state index in [0.29, 0.717) is 18.2 Å². The second-order valence-corrected chi connectivity index (χ2v) is 5.79. The van der Waals surface area contributed by atoms with Gasteiger partial charge in [0.2, 0.25) is 11.8 Å². The molecule has 0 spiro atoms. The molecule has 0 aliphatic carbocycles. The van der Waals surface area contributed by atoms with Crippen LogP contribution in [0.1, 0.15) is 5.56 Å². The molecule has 0 aromatic carbocycles. The van der Waals surface area contributed by atoms with Gasteiger partial charge in [0, 0.05) is 18.3 Å². The zero-order valence-corrected chi connectivity index (χ0v) is 12.9. The van der Waals surface area contributed by atoms with Gasteiger partial charge in [-0.3, -0.25) is 0 Å². The fourth-order valence-electron chi connectivity index (χ4n) is 2.76. The number of pyridine rings is 1. The van der Waals surface area contributed by atoms with Crippen molar-refractivity contribution in [2.45, 2.75) is 12.2 Å². The lowest BCUT2D eigenvalue weighted by molar-refractivity contribution is -0.137. The van der Waals surface area contributed by atoms with Gasteiger partial charge < -0.3 is 20.1 Å². The molecule has 4 rings (SSSR count). The number of alkyl halides is 3. The lowest BCUT2D eigenvalue weighted by atomic mass is 10.0. The molecule has 0 radical (unpaired) electrons. The molecular weight excluding hydrogens is 339 g/mol. The van der Waals surface area contributed by atoms with Gasteiger partial charge in [0.1, 0.15) is 17.1 Å². The Morgan fingerprint density at radius 2 is 2.04 bits per heavy atom. The van der Waals surface area contributed by atoms with Crippen molar-refractivity contribution >= 4 is 17.5 Å². The molecule has 4 heterocycles. The summed E-state index contributed by atoms with van der Waals surface area (Å²) >= 11 is 0. The average Bonchev–Trinajstić information content (AvgIpc) is 2.99. The maximum Gasteiger partial charge on any atom is 0.421 e. The molecule has 0 unspecified atom stereocenters. The maximum atomic E-state index is 13.3. The van der Waals surface area contributed by atoms with Gasteiger partial charge in [-0.05, 0) is 12.1 Å². The van der Waals surface area contributed by atoms with Gasteiger partial charge in [0.05, 0.1) is 25.9 Å². The highest BCUT2D eigenvalue weighted by molar-refractivity contribution is 5.61. The molecule has 2 N–H and O–H groups in total. The molecule has 1 saturated heterocycles. The zero-order valence-electron chi connectivity index (χ0n) is 12.9. The van der Waals surface area contributed by atoms with E-state index in [0.717, 1.165) is 6.20 Å². The van der Waals surface area contributed by atoms with Crippen molar-refractivity contribution in [1.82, 2.24) is 15.0 Å². The van der Waals surface area contributed by atoms with Crippen LogP contribution < -0.4 is 15.4 Å². The van der Waals surface area contributed by atoms with Crippen molar-refractivity contribution < 1.29 is 22.6 Å². The molecule has 2 atom stereocenters. The van der Waals surface area contributed by atoms with Gasteiger partial charge in [-0.1, -0.05) is 0 Å². The third-order valence-corrected chi connectivity index (χ3v) is 4.07. The molecule has 0 saturated carbocycles. The molecule has 10 heteroatoms. The van der Waals surface area contributed by atoms with Gasteiger partial charge in [-0.25, -0.2) is 9.97 Å². The Bertz CT molecular complexity index is 786. The second-order valence-electron chi connectivity index (χ2n) is 5.79. The summed E-state index contributed by atoms with van der Waals surface area (Å²) in [4.78, 5) is 11.9. The summed E-state index contributed by atoms with van der Waals surface area (Å²) < 4.78 is 50.9. The van der Waals surface area contributed by atoms with Gasteiger partial charge >= 0.3 is 6.18 Å². The molecule has 132 valence electrons. The molecule has 7 nitrogen and oxygen atoms in total. The van der Waals surface area contributed by atoms with Gasteiger partial charge in [0.25, 0.3) is 0 Å². The Morgan fingerprint density at radius 3 is 2.88 bits per heavy atom. The lowest BCUT2D eigenvalue weighted by Gasteiger charge is -2.21. The van der Waals surface area contributed by atoms with E-state index in [1.165, 1.54) is 0 Å². The quantitative estimate of drug-likeness (QED) is 0.753. The fourth-order valence-corrected chi connectivity index (χ4v) is 2.76. The molecule has 0 amide bonds. The van der Waals surface area contributed by atoms with E-state index in [2.05, 4.69) is 25.6 Å². The van der Waals surface area contributed by atoms with Crippen LogP contribution in [0.5, 0.6) is 5.88 Å². The van der Waals surface area contributed by atoms with Crippen molar-refractivity contribution in [2.24, 2.45) is 5.92 Å². The number of nitrogens with one attached hydrogen (secondary N) is 2. The molecule has 25 heavy (non-hydrogen) atoms.